The zero-order chi connectivity index (χ0) is 14.0. The number of hydrogen-bond donors (Lipinski definition) is 2. The second-order valence-electron chi connectivity index (χ2n) is 3.54. The molecule has 0 bridgehead atoms. The van der Waals surface area contributed by atoms with Crippen LogP contribution in [0.5, 0.6) is 0 Å². The summed E-state index contributed by atoms with van der Waals surface area (Å²) in [6.45, 7) is 0. The maximum absolute atomic E-state index is 11.9. The smallest absolute Gasteiger partial charge is 0.358 e. The molecule has 0 unspecified atom stereocenters. The van der Waals surface area contributed by atoms with Crippen molar-refractivity contribution in [3.63, 3.8) is 0 Å². The van der Waals surface area contributed by atoms with Crippen molar-refractivity contribution in [3.8, 4) is 0 Å². The van der Waals surface area contributed by atoms with Crippen LogP contribution in [0.15, 0.2) is 29.9 Å². The fourth-order valence-corrected chi connectivity index (χ4v) is 2.28. The number of anilines is 1. The highest BCUT2D eigenvalue weighted by Crippen LogP contribution is 2.14. The highest BCUT2D eigenvalue weighted by atomic mass is 32.2. The van der Waals surface area contributed by atoms with Crippen molar-refractivity contribution in [3.05, 3.63) is 30.6 Å². The first-order valence-corrected chi connectivity index (χ1v) is 6.43. The molecule has 0 spiro atoms. The number of aromatic carboxylic acids is 1. The quantitative estimate of drug-likeness (QED) is 0.789. The molecule has 0 saturated carbocycles. The standard InChI is InChI=1S/C9H9N5O4S/c1-14-4-6(12-5-14)19(17,18)13-8-7(9(15)16)10-2-3-11-8/h2-5H,1H3,(H,11,13)(H,15,16). The van der Waals surface area contributed by atoms with Gasteiger partial charge in [-0.05, 0) is 0 Å². The summed E-state index contributed by atoms with van der Waals surface area (Å²) in [7, 11) is -2.39. The van der Waals surface area contributed by atoms with Crippen LogP contribution < -0.4 is 4.72 Å². The molecule has 100 valence electrons. The molecule has 2 heterocycles. The van der Waals surface area contributed by atoms with Crippen LogP contribution >= 0.6 is 0 Å². The topological polar surface area (TPSA) is 127 Å². The van der Waals surface area contributed by atoms with E-state index in [1.807, 2.05) is 4.72 Å². The van der Waals surface area contributed by atoms with E-state index < -0.39 is 21.7 Å². The van der Waals surface area contributed by atoms with Crippen molar-refractivity contribution < 1.29 is 18.3 Å². The monoisotopic (exact) mass is 283 g/mol. The number of nitrogens with zero attached hydrogens (tertiary/aromatic N) is 4. The second-order valence-corrected chi connectivity index (χ2v) is 5.17. The number of imidazole rings is 1. The van der Waals surface area contributed by atoms with Crippen molar-refractivity contribution in [2.45, 2.75) is 5.03 Å². The summed E-state index contributed by atoms with van der Waals surface area (Å²) < 4.78 is 27.4. The van der Waals surface area contributed by atoms with E-state index in [2.05, 4.69) is 15.0 Å². The predicted octanol–water partition coefficient (Wildman–Crippen LogP) is -0.291. The maximum atomic E-state index is 11.9. The number of aromatic nitrogens is 4. The molecule has 0 amide bonds. The Bertz CT molecular complexity index is 724. The minimum absolute atomic E-state index is 0.239. The molecular formula is C9H9N5O4S. The number of nitrogens with one attached hydrogen (secondary N) is 1. The fourth-order valence-electron chi connectivity index (χ4n) is 1.28. The van der Waals surface area contributed by atoms with E-state index in [-0.39, 0.29) is 10.8 Å². The molecule has 2 N–H and O–H groups in total. The molecule has 0 aliphatic carbocycles. The first-order chi connectivity index (χ1) is 8.90. The van der Waals surface area contributed by atoms with Crippen LogP contribution in [-0.4, -0.2) is 39.0 Å². The molecule has 19 heavy (non-hydrogen) atoms. The number of hydrogen-bond acceptors (Lipinski definition) is 6. The molecule has 2 aromatic rings. The Balaban J connectivity index is 2.39. The number of sulfonamides is 1. The summed E-state index contributed by atoms with van der Waals surface area (Å²) in [6, 6.07) is 0. The summed E-state index contributed by atoms with van der Waals surface area (Å²) in [5.41, 5.74) is -0.484. The van der Waals surface area contributed by atoms with E-state index in [0.29, 0.717) is 0 Å². The van der Waals surface area contributed by atoms with E-state index in [9.17, 15) is 13.2 Å². The Morgan fingerprint density at radius 1 is 1.32 bits per heavy atom. The van der Waals surface area contributed by atoms with Gasteiger partial charge in [0.2, 0.25) is 0 Å². The lowest BCUT2D eigenvalue weighted by Crippen LogP contribution is -2.18. The van der Waals surface area contributed by atoms with E-state index in [1.54, 1.807) is 7.05 Å². The van der Waals surface area contributed by atoms with Gasteiger partial charge < -0.3 is 9.67 Å². The van der Waals surface area contributed by atoms with Crippen molar-refractivity contribution in [2.24, 2.45) is 7.05 Å². The Labute approximate surface area is 108 Å². The van der Waals surface area contributed by atoms with Crippen molar-refractivity contribution in [2.75, 3.05) is 4.72 Å². The van der Waals surface area contributed by atoms with E-state index in [4.69, 9.17) is 5.11 Å². The van der Waals surface area contributed by atoms with Gasteiger partial charge in [-0.3, -0.25) is 4.72 Å². The zero-order valence-electron chi connectivity index (χ0n) is 9.68. The molecule has 0 fully saturated rings. The van der Waals surface area contributed by atoms with Crippen molar-refractivity contribution in [1.82, 2.24) is 19.5 Å². The zero-order valence-corrected chi connectivity index (χ0v) is 10.5. The van der Waals surface area contributed by atoms with Gasteiger partial charge in [-0.25, -0.2) is 19.7 Å². The molecule has 9 nitrogen and oxygen atoms in total. The number of aryl methyl sites for hydroxylation is 1. The Kier molecular flexibility index (Phi) is 3.17. The maximum Gasteiger partial charge on any atom is 0.358 e. The van der Waals surface area contributed by atoms with Gasteiger partial charge in [0, 0.05) is 25.6 Å². The molecule has 0 atom stereocenters. The lowest BCUT2D eigenvalue weighted by Gasteiger charge is -2.06. The number of rotatable bonds is 4. The van der Waals surface area contributed by atoms with Crippen LogP contribution in [-0.2, 0) is 17.1 Å². The highest BCUT2D eigenvalue weighted by Gasteiger charge is 2.22. The number of carbonyl (C=O) groups is 1. The van der Waals surface area contributed by atoms with Crippen LogP contribution in [0.2, 0.25) is 0 Å². The second kappa shape index (κ2) is 4.65. The lowest BCUT2D eigenvalue weighted by atomic mass is 10.4. The van der Waals surface area contributed by atoms with Gasteiger partial charge in [-0.1, -0.05) is 0 Å². The van der Waals surface area contributed by atoms with E-state index >= 15 is 0 Å². The lowest BCUT2D eigenvalue weighted by molar-refractivity contribution is 0.0691. The van der Waals surface area contributed by atoms with Gasteiger partial charge in [-0.2, -0.15) is 8.42 Å². The minimum atomic E-state index is -4.00. The number of carboxylic acids is 1. The highest BCUT2D eigenvalue weighted by molar-refractivity contribution is 7.92. The van der Waals surface area contributed by atoms with Gasteiger partial charge in [0.15, 0.2) is 16.5 Å². The molecule has 0 saturated heterocycles. The first-order valence-electron chi connectivity index (χ1n) is 4.95. The predicted molar refractivity (Wildman–Crippen MR) is 63.0 cm³/mol. The molecule has 0 aromatic carbocycles. The van der Waals surface area contributed by atoms with Crippen LogP contribution in [0.25, 0.3) is 0 Å². The van der Waals surface area contributed by atoms with Gasteiger partial charge in [-0.15, -0.1) is 0 Å². The van der Waals surface area contributed by atoms with Gasteiger partial charge >= 0.3 is 5.97 Å². The summed E-state index contributed by atoms with van der Waals surface area (Å²) in [5, 5.41) is 8.64. The molecule has 0 radical (unpaired) electrons. The normalized spacial score (nSPS) is 11.2. The van der Waals surface area contributed by atoms with Crippen LogP contribution in [0, 0.1) is 0 Å². The first kappa shape index (κ1) is 13.0. The van der Waals surface area contributed by atoms with Crippen LogP contribution in [0.3, 0.4) is 0 Å². The average Bonchev–Trinajstić information content (AvgIpc) is 2.76. The van der Waals surface area contributed by atoms with Crippen LogP contribution in [0.1, 0.15) is 10.5 Å². The fraction of sp³-hybridized carbons (Fsp3) is 0.111. The summed E-state index contributed by atoms with van der Waals surface area (Å²) in [6.07, 6.45) is 4.92. The van der Waals surface area contributed by atoms with Gasteiger partial charge in [0.1, 0.15) is 0 Å². The molecule has 0 aliphatic rings. The Morgan fingerprint density at radius 3 is 2.58 bits per heavy atom. The minimum Gasteiger partial charge on any atom is -0.476 e. The summed E-state index contributed by atoms with van der Waals surface area (Å²) in [5.74, 6) is -1.74. The van der Waals surface area contributed by atoms with Gasteiger partial charge in [0.25, 0.3) is 10.0 Å². The third-order valence-corrected chi connectivity index (χ3v) is 3.31. The molecule has 2 rings (SSSR count). The van der Waals surface area contributed by atoms with Crippen molar-refractivity contribution in [1.29, 1.82) is 0 Å². The Morgan fingerprint density at radius 2 is 2.00 bits per heavy atom. The largest absolute Gasteiger partial charge is 0.476 e. The third kappa shape index (κ3) is 2.68. The molecular weight excluding hydrogens is 274 g/mol. The molecule has 10 heteroatoms. The van der Waals surface area contributed by atoms with Crippen LogP contribution in [0.4, 0.5) is 5.82 Å². The van der Waals surface area contributed by atoms with E-state index in [0.717, 1.165) is 6.20 Å². The summed E-state index contributed by atoms with van der Waals surface area (Å²) >= 11 is 0. The van der Waals surface area contributed by atoms with E-state index in [1.165, 1.54) is 23.3 Å². The molecule has 0 aliphatic heterocycles. The SMILES string of the molecule is Cn1cnc(S(=O)(=O)Nc2nccnc2C(=O)O)c1. The van der Waals surface area contributed by atoms with Gasteiger partial charge in [0.05, 0.1) is 6.33 Å². The Hall–Kier alpha value is -2.49. The number of carboxylic acid groups (broad SMARTS) is 1. The third-order valence-electron chi connectivity index (χ3n) is 2.09. The molecule has 2 aromatic heterocycles. The van der Waals surface area contributed by atoms with Crippen molar-refractivity contribution >= 4 is 21.8 Å². The summed E-state index contributed by atoms with van der Waals surface area (Å²) in [4.78, 5) is 21.8. The average molecular weight is 283 g/mol.